The topological polar surface area (TPSA) is 71.1 Å². The Morgan fingerprint density at radius 2 is 2.23 bits per heavy atom. The second-order valence-electron chi connectivity index (χ2n) is 7.34. The number of amides is 2. The van der Waals surface area contributed by atoms with Crippen molar-refractivity contribution in [2.45, 2.75) is 43.8 Å². The molecule has 4 aliphatic rings. The Morgan fingerprint density at radius 3 is 3.04 bits per heavy atom. The van der Waals surface area contributed by atoms with E-state index in [0.717, 1.165) is 11.3 Å². The molecule has 136 valence electrons. The minimum absolute atomic E-state index is 0.0120. The van der Waals surface area contributed by atoms with Crippen LogP contribution >= 0.6 is 0 Å². The van der Waals surface area contributed by atoms with Crippen LogP contribution < -0.4 is 5.32 Å². The van der Waals surface area contributed by atoms with Crippen molar-refractivity contribution in [2.75, 3.05) is 18.5 Å². The van der Waals surface area contributed by atoms with Crippen molar-refractivity contribution < 1.29 is 19.1 Å². The van der Waals surface area contributed by atoms with Crippen LogP contribution in [-0.2, 0) is 9.47 Å². The monoisotopic (exact) mass is 355 g/mol. The number of fused-ring (bicyclic) bond motifs is 7. The highest BCUT2D eigenvalue weighted by atomic mass is 16.6. The van der Waals surface area contributed by atoms with Crippen LogP contribution in [-0.4, -0.2) is 53.0 Å². The molecule has 3 heterocycles. The van der Waals surface area contributed by atoms with Crippen LogP contribution in [0.5, 0.6) is 0 Å². The smallest absolute Gasteiger partial charge is 0.429 e. The fourth-order valence-electron chi connectivity index (χ4n) is 4.93. The lowest BCUT2D eigenvalue weighted by atomic mass is 9.86. The van der Waals surface area contributed by atoms with Gasteiger partial charge in [-0.2, -0.15) is 0 Å². The first-order chi connectivity index (χ1) is 12.6. The number of hydrogen-bond acceptors (Lipinski definition) is 5. The van der Waals surface area contributed by atoms with E-state index < -0.39 is 17.7 Å². The van der Waals surface area contributed by atoms with E-state index in [1.165, 1.54) is 15.6 Å². The van der Waals surface area contributed by atoms with E-state index in [1.807, 2.05) is 25.1 Å². The first-order valence-electron chi connectivity index (χ1n) is 9.07. The summed E-state index contributed by atoms with van der Waals surface area (Å²) in [5, 5.41) is 6.49. The Labute approximate surface area is 151 Å². The van der Waals surface area contributed by atoms with Crippen molar-refractivity contribution in [3.8, 4) is 0 Å². The van der Waals surface area contributed by atoms with Crippen molar-refractivity contribution in [3.05, 3.63) is 41.5 Å². The summed E-state index contributed by atoms with van der Waals surface area (Å²) in [6.07, 6.45) is 1.88. The summed E-state index contributed by atoms with van der Waals surface area (Å²) < 4.78 is 10.5. The van der Waals surface area contributed by atoms with E-state index in [9.17, 15) is 9.59 Å². The highest BCUT2D eigenvalue weighted by Gasteiger charge is 2.64. The highest BCUT2D eigenvalue weighted by molar-refractivity contribution is 5.80. The third-order valence-corrected chi connectivity index (χ3v) is 6.06. The van der Waals surface area contributed by atoms with Gasteiger partial charge in [0.05, 0.1) is 24.8 Å². The molecule has 7 nitrogen and oxygen atoms in total. The van der Waals surface area contributed by atoms with Gasteiger partial charge in [-0.25, -0.2) is 19.6 Å². The van der Waals surface area contributed by atoms with Gasteiger partial charge >= 0.3 is 12.2 Å². The summed E-state index contributed by atoms with van der Waals surface area (Å²) in [6, 6.07) is 7.93. The van der Waals surface area contributed by atoms with E-state index in [0.29, 0.717) is 13.0 Å². The maximum Gasteiger partial charge on any atom is 0.429 e. The lowest BCUT2D eigenvalue weighted by Crippen LogP contribution is -2.59. The van der Waals surface area contributed by atoms with Crippen molar-refractivity contribution in [1.29, 1.82) is 0 Å². The summed E-state index contributed by atoms with van der Waals surface area (Å²) in [5.41, 5.74) is 2.85. The number of nitrogens with zero attached hydrogens (tertiary/aromatic N) is 2. The summed E-state index contributed by atoms with van der Waals surface area (Å²) >= 11 is 0. The van der Waals surface area contributed by atoms with Crippen molar-refractivity contribution in [1.82, 2.24) is 10.0 Å². The minimum Gasteiger partial charge on any atom is -0.448 e. The van der Waals surface area contributed by atoms with Gasteiger partial charge in [0.2, 0.25) is 0 Å². The van der Waals surface area contributed by atoms with Gasteiger partial charge in [0.25, 0.3) is 0 Å². The fourth-order valence-corrected chi connectivity index (χ4v) is 4.93. The first-order valence-corrected chi connectivity index (χ1v) is 9.07. The Balaban J connectivity index is 1.63. The predicted molar refractivity (Wildman–Crippen MR) is 93.5 cm³/mol. The van der Waals surface area contributed by atoms with Crippen LogP contribution in [0.15, 0.2) is 35.9 Å². The molecule has 2 saturated heterocycles. The van der Waals surface area contributed by atoms with E-state index >= 15 is 0 Å². The predicted octanol–water partition coefficient (Wildman–Crippen LogP) is 2.86. The molecule has 7 heteroatoms. The third-order valence-electron chi connectivity index (χ3n) is 6.06. The molecule has 3 aliphatic heterocycles. The molecule has 5 rings (SSSR count). The zero-order valence-corrected chi connectivity index (χ0v) is 14.8. The summed E-state index contributed by atoms with van der Waals surface area (Å²) in [7, 11) is 0. The van der Waals surface area contributed by atoms with Gasteiger partial charge in [0.1, 0.15) is 6.04 Å². The standard InChI is InChI=1S/C19H21N3O4/c1-3-25-17(23)21-16-13(19(2)8-9-26-18(24)22(19)21)10-12-11-6-4-5-7-14(11)20-15(12)16/h4-7,10,12,15-16,20H,3,8-9H2,1-2H3/t12-,15+,16+,19-/m0/s1. The second-order valence-corrected chi connectivity index (χ2v) is 7.34. The van der Waals surface area contributed by atoms with E-state index in [1.54, 1.807) is 6.92 Å². The van der Waals surface area contributed by atoms with Crippen LogP contribution in [0, 0.1) is 0 Å². The Kier molecular flexibility index (Phi) is 3.08. The maximum atomic E-state index is 12.8. The van der Waals surface area contributed by atoms with Crippen LogP contribution in [0.3, 0.4) is 0 Å². The second kappa shape index (κ2) is 5.16. The molecule has 0 unspecified atom stereocenters. The molecule has 0 spiro atoms. The number of carbonyl (C=O) groups is 2. The molecular formula is C19H21N3O4. The number of nitrogens with one attached hydrogen (secondary N) is 1. The normalized spacial score (nSPS) is 33.5. The number of ether oxygens (including phenoxy) is 2. The SMILES string of the molecule is CCOC(=O)N1[C@@H]2C(=C[C@H]3c4ccccc4N[C@@H]23)[C@]2(C)CCOC(=O)N12. The molecule has 1 aromatic carbocycles. The Hall–Kier alpha value is -2.70. The molecule has 0 aromatic heterocycles. The fraction of sp³-hybridized carbons (Fsp3) is 0.474. The van der Waals surface area contributed by atoms with Gasteiger partial charge in [-0.05, 0) is 31.1 Å². The number of hydrogen-bond donors (Lipinski definition) is 1. The number of hydrazine groups is 1. The van der Waals surface area contributed by atoms with E-state index in [-0.39, 0.29) is 24.6 Å². The van der Waals surface area contributed by atoms with Gasteiger partial charge in [-0.3, -0.25) is 0 Å². The molecule has 0 saturated carbocycles. The number of benzene rings is 1. The number of cyclic esters (lactones) is 1. The van der Waals surface area contributed by atoms with Crippen LogP contribution in [0.1, 0.15) is 31.7 Å². The van der Waals surface area contributed by atoms with Gasteiger partial charge in [0.15, 0.2) is 0 Å². The molecule has 1 N–H and O–H groups in total. The largest absolute Gasteiger partial charge is 0.448 e. The average molecular weight is 355 g/mol. The van der Waals surface area contributed by atoms with Gasteiger partial charge in [-0.15, -0.1) is 0 Å². The summed E-state index contributed by atoms with van der Waals surface area (Å²) in [4.78, 5) is 25.3. The van der Waals surface area contributed by atoms with Crippen LogP contribution in [0.4, 0.5) is 15.3 Å². The lowest BCUT2D eigenvalue weighted by molar-refractivity contribution is -0.0710. The number of para-hydroxylation sites is 1. The molecule has 4 atom stereocenters. The van der Waals surface area contributed by atoms with Gasteiger partial charge in [-0.1, -0.05) is 24.3 Å². The Morgan fingerprint density at radius 1 is 1.42 bits per heavy atom. The molecule has 1 aliphatic carbocycles. The summed E-state index contributed by atoms with van der Waals surface area (Å²) in [6.45, 7) is 4.38. The number of rotatable bonds is 1. The first kappa shape index (κ1) is 15.5. The molecule has 1 aromatic rings. The molecule has 0 bridgehead atoms. The average Bonchev–Trinajstić information content (AvgIpc) is 3.22. The zero-order chi connectivity index (χ0) is 18.1. The number of anilines is 1. The zero-order valence-electron chi connectivity index (χ0n) is 14.8. The highest BCUT2D eigenvalue weighted by Crippen LogP contribution is 2.55. The van der Waals surface area contributed by atoms with E-state index in [4.69, 9.17) is 9.47 Å². The van der Waals surface area contributed by atoms with Crippen molar-refractivity contribution in [3.63, 3.8) is 0 Å². The lowest BCUT2D eigenvalue weighted by Gasteiger charge is -2.41. The quantitative estimate of drug-likeness (QED) is 0.785. The van der Waals surface area contributed by atoms with Crippen molar-refractivity contribution in [2.24, 2.45) is 0 Å². The van der Waals surface area contributed by atoms with Gasteiger partial charge < -0.3 is 14.8 Å². The van der Waals surface area contributed by atoms with E-state index in [2.05, 4.69) is 17.5 Å². The van der Waals surface area contributed by atoms with Gasteiger partial charge in [0, 0.05) is 18.0 Å². The minimum atomic E-state index is -0.562. The molecule has 26 heavy (non-hydrogen) atoms. The molecule has 0 radical (unpaired) electrons. The van der Waals surface area contributed by atoms with Crippen LogP contribution in [0.25, 0.3) is 0 Å². The number of carbonyl (C=O) groups excluding carboxylic acids is 2. The molecule has 2 fully saturated rings. The Bertz CT molecular complexity index is 838. The maximum absolute atomic E-state index is 12.8. The summed E-state index contributed by atoms with van der Waals surface area (Å²) in [5.74, 6) is 0.181. The van der Waals surface area contributed by atoms with Crippen molar-refractivity contribution >= 4 is 17.9 Å². The molecule has 2 amide bonds. The van der Waals surface area contributed by atoms with Crippen LogP contribution in [0.2, 0.25) is 0 Å². The third kappa shape index (κ3) is 1.78. The molecular weight excluding hydrogens is 334 g/mol.